The number of anilines is 2. The highest BCUT2D eigenvalue weighted by molar-refractivity contribution is 8.00. The smallest absolute Gasteiger partial charge is 0.418 e. The first-order chi connectivity index (χ1) is 19.0. The van der Waals surface area contributed by atoms with Gasteiger partial charge in [-0.3, -0.25) is 0 Å². The molecule has 40 heavy (non-hydrogen) atoms. The molecule has 0 amide bonds. The van der Waals surface area contributed by atoms with E-state index < -0.39 is 28.7 Å². The molecule has 4 aromatic rings. The second kappa shape index (κ2) is 12.5. The summed E-state index contributed by atoms with van der Waals surface area (Å²) in [6.07, 6.45) is -4.75. The molecule has 0 saturated carbocycles. The van der Waals surface area contributed by atoms with Gasteiger partial charge in [0.2, 0.25) is 0 Å². The number of nitrogens with one attached hydrogen (secondary N) is 2. The molecule has 0 aliphatic rings. The van der Waals surface area contributed by atoms with Crippen LogP contribution < -0.4 is 14.2 Å². The first-order valence-corrected chi connectivity index (χ1v) is 13.9. The van der Waals surface area contributed by atoms with Gasteiger partial charge >= 0.3 is 12.1 Å². The number of aryl methyl sites for hydroxylation is 2. The minimum Gasteiger partial charge on any atom is -0.465 e. The molecule has 0 radical (unpaired) electrons. The second-order valence-corrected chi connectivity index (χ2v) is 10.8. The van der Waals surface area contributed by atoms with E-state index in [1.54, 1.807) is 30.3 Å². The van der Waals surface area contributed by atoms with Gasteiger partial charge in [-0.2, -0.15) is 13.2 Å². The number of carbonyl (C=O) groups is 1. The van der Waals surface area contributed by atoms with E-state index in [9.17, 15) is 22.2 Å². The molecule has 4 aromatic carbocycles. The highest BCUT2D eigenvalue weighted by atomic mass is 32.2. The van der Waals surface area contributed by atoms with Crippen molar-refractivity contribution < 1.29 is 31.6 Å². The SMILES string of the molecule is COC(=O)c1cc(Oc2ccc(NS(=O)c3ccc(C)cc3)c(C(F)(F)F)c2)ccc1NSc1ccc(C)cc1. The number of rotatable bonds is 9. The van der Waals surface area contributed by atoms with Crippen LogP contribution in [0.5, 0.6) is 11.5 Å². The van der Waals surface area contributed by atoms with Gasteiger partial charge in [-0.1, -0.05) is 35.4 Å². The Hall–Kier alpha value is -3.96. The fourth-order valence-corrected chi connectivity index (χ4v) is 5.10. The van der Waals surface area contributed by atoms with Crippen LogP contribution in [0.3, 0.4) is 0 Å². The zero-order valence-corrected chi connectivity index (χ0v) is 23.3. The molecule has 0 saturated heterocycles. The number of hydrogen-bond donors (Lipinski definition) is 2. The van der Waals surface area contributed by atoms with Gasteiger partial charge in [-0.05, 0) is 86.5 Å². The van der Waals surface area contributed by atoms with Crippen LogP contribution in [-0.4, -0.2) is 17.3 Å². The molecule has 0 spiro atoms. The molecular weight excluding hydrogens is 561 g/mol. The van der Waals surface area contributed by atoms with Crippen LogP contribution >= 0.6 is 11.9 Å². The normalized spacial score (nSPS) is 11.9. The lowest BCUT2D eigenvalue weighted by Gasteiger charge is -2.17. The highest BCUT2D eigenvalue weighted by Crippen LogP contribution is 2.39. The fourth-order valence-electron chi connectivity index (χ4n) is 3.54. The number of esters is 1. The monoisotopic (exact) mass is 586 g/mol. The van der Waals surface area contributed by atoms with Crippen molar-refractivity contribution in [3.8, 4) is 11.5 Å². The van der Waals surface area contributed by atoms with Crippen molar-refractivity contribution in [3.05, 3.63) is 107 Å². The molecule has 11 heteroatoms. The van der Waals surface area contributed by atoms with Gasteiger partial charge in [0.15, 0.2) is 0 Å². The van der Waals surface area contributed by atoms with Crippen molar-refractivity contribution in [3.63, 3.8) is 0 Å². The quantitative estimate of drug-likeness (QED) is 0.152. The topological polar surface area (TPSA) is 76.7 Å². The average Bonchev–Trinajstić information content (AvgIpc) is 2.93. The fraction of sp³-hybridized carbons (Fsp3) is 0.138. The molecule has 1 atom stereocenters. The lowest BCUT2D eigenvalue weighted by molar-refractivity contribution is -0.137. The van der Waals surface area contributed by atoms with Gasteiger partial charge < -0.3 is 18.9 Å². The Labute approximate surface area is 236 Å². The highest BCUT2D eigenvalue weighted by Gasteiger charge is 2.34. The van der Waals surface area contributed by atoms with E-state index in [0.717, 1.165) is 28.2 Å². The van der Waals surface area contributed by atoms with E-state index in [1.807, 2.05) is 38.1 Å². The lowest BCUT2D eigenvalue weighted by Crippen LogP contribution is -2.13. The van der Waals surface area contributed by atoms with Gasteiger partial charge in [-0.25, -0.2) is 9.00 Å². The Morgan fingerprint density at radius 2 is 1.40 bits per heavy atom. The van der Waals surface area contributed by atoms with Crippen molar-refractivity contribution >= 4 is 40.3 Å². The number of halogens is 3. The number of methoxy groups -OCH3 is 1. The number of benzene rings is 4. The molecular formula is C29H25F3N2O4S2. The van der Waals surface area contributed by atoms with E-state index in [-0.39, 0.29) is 22.7 Å². The second-order valence-electron chi connectivity index (χ2n) is 8.71. The first kappa shape index (κ1) is 29.0. The van der Waals surface area contributed by atoms with Crippen molar-refractivity contribution in [2.24, 2.45) is 0 Å². The number of alkyl halides is 3. The maximum atomic E-state index is 13.9. The molecule has 0 fully saturated rings. The largest absolute Gasteiger partial charge is 0.465 e. The van der Waals surface area contributed by atoms with E-state index >= 15 is 0 Å². The van der Waals surface area contributed by atoms with Gasteiger partial charge in [0, 0.05) is 4.90 Å². The van der Waals surface area contributed by atoms with Crippen molar-refractivity contribution in [1.82, 2.24) is 0 Å². The van der Waals surface area contributed by atoms with E-state index in [1.165, 1.54) is 37.3 Å². The van der Waals surface area contributed by atoms with Crippen LogP contribution in [0.15, 0.2) is 94.7 Å². The maximum Gasteiger partial charge on any atom is 0.418 e. The van der Waals surface area contributed by atoms with E-state index in [2.05, 4.69) is 9.44 Å². The predicted octanol–water partition coefficient (Wildman–Crippen LogP) is 8.16. The van der Waals surface area contributed by atoms with Gasteiger partial charge in [-0.15, -0.1) is 0 Å². The Balaban J connectivity index is 1.56. The van der Waals surface area contributed by atoms with Crippen molar-refractivity contribution in [1.29, 1.82) is 0 Å². The molecule has 1 unspecified atom stereocenters. The Kier molecular flexibility index (Phi) is 9.06. The summed E-state index contributed by atoms with van der Waals surface area (Å²) in [6, 6.07) is 22.1. The zero-order chi connectivity index (χ0) is 28.9. The predicted molar refractivity (Wildman–Crippen MR) is 151 cm³/mol. The third kappa shape index (κ3) is 7.36. The Bertz CT molecular complexity index is 1530. The average molecular weight is 587 g/mol. The Morgan fingerprint density at radius 3 is 2.00 bits per heavy atom. The molecule has 0 aromatic heterocycles. The van der Waals surface area contributed by atoms with Crippen LogP contribution in [0.1, 0.15) is 27.0 Å². The van der Waals surface area contributed by atoms with Gasteiger partial charge in [0.25, 0.3) is 0 Å². The van der Waals surface area contributed by atoms with Crippen LogP contribution in [0, 0.1) is 13.8 Å². The molecule has 208 valence electrons. The van der Waals surface area contributed by atoms with Crippen molar-refractivity contribution in [2.75, 3.05) is 16.6 Å². The third-order valence-corrected chi connectivity index (χ3v) is 7.60. The molecule has 4 rings (SSSR count). The number of carbonyl (C=O) groups excluding carboxylic acids is 1. The first-order valence-electron chi connectivity index (χ1n) is 11.9. The van der Waals surface area contributed by atoms with Crippen LogP contribution in [0.4, 0.5) is 24.5 Å². The molecule has 0 heterocycles. The lowest BCUT2D eigenvalue weighted by atomic mass is 10.1. The molecule has 0 aliphatic heterocycles. The summed E-state index contributed by atoms with van der Waals surface area (Å²) in [4.78, 5) is 13.7. The summed E-state index contributed by atoms with van der Waals surface area (Å²) in [5.41, 5.74) is 1.22. The van der Waals surface area contributed by atoms with Crippen LogP contribution in [0.2, 0.25) is 0 Å². The number of ether oxygens (including phenoxy) is 2. The molecule has 2 N–H and O–H groups in total. The summed E-state index contributed by atoms with van der Waals surface area (Å²) < 4.78 is 70.5. The van der Waals surface area contributed by atoms with Gasteiger partial charge in [0.05, 0.1) is 34.5 Å². The standard InChI is InChI=1S/C29H25F3N2O4S2/c1-18-4-10-22(11-5-18)39-33-26-14-8-20(16-24(26)28(35)37-3)38-21-9-15-27(25(17-21)29(30,31)32)34-40(36)23-12-6-19(2)7-13-23/h4-17,33-34H,1-3H3. The molecule has 6 nitrogen and oxygen atoms in total. The third-order valence-electron chi connectivity index (χ3n) is 5.67. The number of hydrogen-bond acceptors (Lipinski definition) is 6. The van der Waals surface area contributed by atoms with E-state index in [0.29, 0.717) is 10.6 Å². The van der Waals surface area contributed by atoms with Crippen LogP contribution in [0.25, 0.3) is 0 Å². The Morgan fingerprint density at radius 1 is 0.825 bits per heavy atom. The summed E-state index contributed by atoms with van der Waals surface area (Å²) in [6.45, 7) is 3.83. The maximum absolute atomic E-state index is 13.9. The summed E-state index contributed by atoms with van der Waals surface area (Å²) >= 11 is 1.29. The summed E-state index contributed by atoms with van der Waals surface area (Å²) in [5, 5.41) is 0. The minimum atomic E-state index is -4.75. The zero-order valence-electron chi connectivity index (χ0n) is 21.7. The summed E-state index contributed by atoms with van der Waals surface area (Å²) in [7, 11) is -0.682. The van der Waals surface area contributed by atoms with Gasteiger partial charge in [0.1, 0.15) is 22.5 Å². The van der Waals surface area contributed by atoms with Crippen LogP contribution in [-0.2, 0) is 21.9 Å². The summed E-state index contributed by atoms with van der Waals surface area (Å²) in [5.74, 6) is -0.639. The van der Waals surface area contributed by atoms with Crippen molar-refractivity contribution in [2.45, 2.75) is 29.8 Å². The molecule has 0 aliphatic carbocycles. The van der Waals surface area contributed by atoms with E-state index in [4.69, 9.17) is 9.47 Å². The molecule has 0 bridgehead atoms. The minimum absolute atomic E-state index is 0.121.